The lowest BCUT2D eigenvalue weighted by Gasteiger charge is -2.12. The summed E-state index contributed by atoms with van der Waals surface area (Å²) in [6.07, 6.45) is -3.20. The van der Waals surface area contributed by atoms with Crippen LogP contribution >= 0.6 is 11.8 Å². The molecule has 138 valence electrons. The van der Waals surface area contributed by atoms with Gasteiger partial charge in [-0.3, -0.25) is 0 Å². The molecular weight excluding hydrogens is 382 g/mol. The first-order chi connectivity index (χ1) is 12.8. The Bertz CT molecular complexity index is 1010. The van der Waals surface area contributed by atoms with Crippen molar-refractivity contribution in [2.75, 3.05) is 0 Å². The Morgan fingerprint density at radius 3 is 2.56 bits per heavy atom. The molecule has 2 aromatic heterocycles. The maximum Gasteiger partial charge on any atom is 0.417 e. The molecule has 0 atom stereocenters. The number of thioether (sulfide) groups is 1. The maximum atomic E-state index is 13.1. The van der Waals surface area contributed by atoms with Crippen molar-refractivity contribution in [2.45, 2.75) is 23.9 Å². The number of benzene rings is 1. The highest BCUT2D eigenvalue weighted by Gasteiger charge is 2.35. The molecule has 0 fully saturated rings. The summed E-state index contributed by atoms with van der Waals surface area (Å²) in [7, 11) is 0. The Kier molecular flexibility index (Phi) is 5.19. The van der Waals surface area contributed by atoms with Crippen LogP contribution in [0.3, 0.4) is 0 Å². The summed E-state index contributed by atoms with van der Waals surface area (Å²) in [5.74, 6) is 0.354. The summed E-state index contributed by atoms with van der Waals surface area (Å²) >= 11 is 0.930. The van der Waals surface area contributed by atoms with Crippen LogP contribution in [-0.2, 0) is 11.9 Å². The minimum Gasteiger partial charge on any atom is -0.440 e. The topological polar surface area (TPSA) is 62.7 Å². The number of halogens is 4. The summed E-state index contributed by atoms with van der Waals surface area (Å²) in [6.45, 7) is 1.43. The third-order valence-electron chi connectivity index (χ3n) is 3.55. The maximum absolute atomic E-state index is 13.1. The summed E-state index contributed by atoms with van der Waals surface area (Å²) < 4.78 is 57.9. The highest BCUT2D eigenvalue weighted by Crippen LogP contribution is 2.36. The Balaban J connectivity index is 1.83. The van der Waals surface area contributed by atoms with Gasteiger partial charge in [-0.05, 0) is 37.3 Å². The molecule has 0 unspecified atom stereocenters. The van der Waals surface area contributed by atoms with E-state index in [1.807, 2.05) is 0 Å². The van der Waals surface area contributed by atoms with Crippen LogP contribution in [0.5, 0.6) is 0 Å². The Labute approximate surface area is 155 Å². The van der Waals surface area contributed by atoms with Crippen LogP contribution in [-0.4, -0.2) is 9.97 Å². The molecule has 0 bridgehead atoms. The van der Waals surface area contributed by atoms with Gasteiger partial charge in [0.2, 0.25) is 5.89 Å². The van der Waals surface area contributed by atoms with Gasteiger partial charge in [-0.1, -0.05) is 11.8 Å². The molecule has 3 rings (SSSR count). The number of nitrogens with zero attached hydrogens (tertiary/aromatic N) is 3. The van der Waals surface area contributed by atoms with Gasteiger partial charge in [0.15, 0.2) is 5.76 Å². The third-order valence-corrected chi connectivity index (χ3v) is 4.51. The first-order valence-electron chi connectivity index (χ1n) is 7.60. The number of alkyl halides is 3. The second-order valence-corrected chi connectivity index (χ2v) is 6.48. The van der Waals surface area contributed by atoms with Crippen molar-refractivity contribution in [2.24, 2.45) is 0 Å². The highest BCUT2D eigenvalue weighted by molar-refractivity contribution is 7.98. The van der Waals surface area contributed by atoms with E-state index in [2.05, 4.69) is 9.97 Å². The highest BCUT2D eigenvalue weighted by atomic mass is 32.2. The van der Waals surface area contributed by atoms with Crippen LogP contribution in [0, 0.1) is 24.1 Å². The fraction of sp³-hybridized carbons (Fsp3) is 0.167. The van der Waals surface area contributed by atoms with Crippen molar-refractivity contribution < 1.29 is 22.0 Å². The molecule has 3 aromatic rings. The normalized spacial score (nSPS) is 11.4. The number of oxazole rings is 1. The lowest BCUT2D eigenvalue weighted by molar-refractivity contribution is -0.138. The predicted octanol–water partition coefficient (Wildman–Crippen LogP) is 5.37. The van der Waals surface area contributed by atoms with Gasteiger partial charge in [0, 0.05) is 11.3 Å². The molecule has 0 radical (unpaired) electrons. The molecule has 9 heteroatoms. The molecular formula is C18H11F4N3OS. The number of hydrogen-bond acceptors (Lipinski definition) is 5. The molecule has 27 heavy (non-hydrogen) atoms. The number of aromatic nitrogens is 2. The van der Waals surface area contributed by atoms with Crippen LogP contribution in [0.1, 0.15) is 22.7 Å². The quantitative estimate of drug-likeness (QED) is 0.441. The average molecular weight is 393 g/mol. The Morgan fingerprint density at radius 1 is 1.22 bits per heavy atom. The summed E-state index contributed by atoms with van der Waals surface area (Å²) in [4.78, 5) is 8.10. The largest absolute Gasteiger partial charge is 0.440 e. The van der Waals surface area contributed by atoms with Gasteiger partial charge in [0.05, 0.1) is 23.1 Å². The molecule has 1 aromatic carbocycles. The number of rotatable bonds is 4. The summed E-state index contributed by atoms with van der Waals surface area (Å²) in [5.41, 5.74) is -0.767. The zero-order valence-electron chi connectivity index (χ0n) is 13.8. The summed E-state index contributed by atoms with van der Waals surface area (Å²) in [6, 6.07) is 8.04. The van der Waals surface area contributed by atoms with E-state index in [-0.39, 0.29) is 28.2 Å². The fourth-order valence-corrected chi connectivity index (χ4v) is 3.24. The minimum atomic E-state index is -4.65. The van der Waals surface area contributed by atoms with Crippen LogP contribution in [0.4, 0.5) is 17.6 Å². The van der Waals surface area contributed by atoms with E-state index < -0.39 is 17.3 Å². The lowest BCUT2D eigenvalue weighted by Crippen LogP contribution is -2.10. The number of pyridine rings is 1. The Hall–Kier alpha value is -2.86. The van der Waals surface area contributed by atoms with Gasteiger partial charge in [-0.25, -0.2) is 14.4 Å². The van der Waals surface area contributed by atoms with E-state index in [0.717, 1.165) is 17.8 Å². The van der Waals surface area contributed by atoms with E-state index in [1.54, 1.807) is 6.07 Å². The third kappa shape index (κ3) is 4.28. The van der Waals surface area contributed by atoms with Crippen LogP contribution in [0.2, 0.25) is 0 Å². The number of aryl methyl sites for hydroxylation is 1. The molecule has 0 saturated heterocycles. The van der Waals surface area contributed by atoms with Crippen molar-refractivity contribution in [3.8, 4) is 17.4 Å². The molecule has 0 spiro atoms. The zero-order valence-corrected chi connectivity index (χ0v) is 14.7. The number of hydrogen-bond donors (Lipinski definition) is 0. The SMILES string of the molecule is Cc1cc(C(F)(F)F)c(C#N)c(SCc2ncc(-c3ccc(F)cc3)o2)n1. The lowest BCUT2D eigenvalue weighted by atomic mass is 10.1. The second kappa shape index (κ2) is 7.40. The molecule has 0 N–H and O–H groups in total. The molecule has 0 aliphatic heterocycles. The van der Waals surface area contributed by atoms with Gasteiger partial charge >= 0.3 is 6.18 Å². The van der Waals surface area contributed by atoms with E-state index >= 15 is 0 Å². The molecule has 2 heterocycles. The van der Waals surface area contributed by atoms with Crippen molar-refractivity contribution in [1.29, 1.82) is 5.26 Å². The van der Waals surface area contributed by atoms with Crippen LogP contribution < -0.4 is 0 Å². The number of nitriles is 1. The van der Waals surface area contributed by atoms with E-state index in [0.29, 0.717) is 11.3 Å². The molecule has 0 amide bonds. The first kappa shape index (κ1) is 18.9. The molecule has 4 nitrogen and oxygen atoms in total. The average Bonchev–Trinajstić information content (AvgIpc) is 3.08. The summed E-state index contributed by atoms with van der Waals surface area (Å²) in [5, 5.41) is 9.12. The van der Waals surface area contributed by atoms with Crippen molar-refractivity contribution in [3.63, 3.8) is 0 Å². The van der Waals surface area contributed by atoms with Gasteiger partial charge in [0.1, 0.15) is 16.9 Å². The van der Waals surface area contributed by atoms with E-state index in [1.165, 1.54) is 37.4 Å². The van der Waals surface area contributed by atoms with Crippen LogP contribution in [0.25, 0.3) is 11.3 Å². The predicted molar refractivity (Wildman–Crippen MR) is 90.1 cm³/mol. The van der Waals surface area contributed by atoms with E-state index in [4.69, 9.17) is 9.68 Å². The van der Waals surface area contributed by atoms with Crippen molar-refractivity contribution in [1.82, 2.24) is 9.97 Å². The van der Waals surface area contributed by atoms with Crippen molar-refractivity contribution >= 4 is 11.8 Å². The van der Waals surface area contributed by atoms with Crippen molar-refractivity contribution in [3.05, 3.63) is 65.1 Å². The first-order valence-corrected chi connectivity index (χ1v) is 8.59. The molecule has 0 aliphatic carbocycles. The monoisotopic (exact) mass is 393 g/mol. The van der Waals surface area contributed by atoms with Gasteiger partial charge in [-0.2, -0.15) is 18.4 Å². The minimum absolute atomic E-state index is 0.0358. The Morgan fingerprint density at radius 2 is 1.93 bits per heavy atom. The van der Waals surface area contributed by atoms with Gasteiger partial charge < -0.3 is 4.42 Å². The smallest absolute Gasteiger partial charge is 0.417 e. The van der Waals surface area contributed by atoms with Gasteiger partial charge in [-0.15, -0.1) is 0 Å². The van der Waals surface area contributed by atoms with Crippen LogP contribution in [0.15, 0.2) is 46.0 Å². The van der Waals surface area contributed by atoms with E-state index in [9.17, 15) is 17.6 Å². The molecule has 0 aliphatic rings. The second-order valence-electron chi connectivity index (χ2n) is 5.51. The fourth-order valence-electron chi connectivity index (χ4n) is 2.34. The zero-order chi connectivity index (χ0) is 19.6. The van der Waals surface area contributed by atoms with Gasteiger partial charge in [0.25, 0.3) is 0 Å². The molecule has 0 saturated carbocycles. The standard InChI is InChI=1S/C18H11F4N3OS/c1-10-6-14(18(20,21)22)13(7-23)17(25-10)27-9-16-24-8-15(26-16)11-2-4-12(19)5-3-11/h2-6,8H,9H2,1H3.